The monoisotopic (exact) mass is 321 g/mol. The molecule has 1 aliphatic heterocycles. The molecule has 0 bridgehead atoms. The molecule has 1 heterocycles. The number of rotatable bonds is 4. The van der Waals surface area contributed by atoms with E-state index in [-0.39, 0.29) is 0 Å². The van der Waals surface area contributed by atoms with Gasteiger partial charge in [-0.25, -0.2) is 0 Å². The van der Waals surface area contributed by atoms with Crippen LogP contribution in [0.15, 0.2) is 41.3 Å². The molecule has 0 unspecified atom stereocenters. The van der Waals surface area contributed by atoms with Crippen LogP contribution in [0.25, 0.3) is 0 Å². The first-order valence-corrected chi connectivity index (χ1v) is 8.32. The molecule has 0 aliphatic carbocycles. The standard InChI is InChI=1S/C16H16ClNO2S/c1-21-13-4-2-12(3-5-13)18-10-11-8-14(17)16-15(9-11)19-6-7-20-16/h2-5,8-9,18H,6-7,10H2,1H3. The van der Waals surface area contributed by atoms with Gasteiger partial charge < -0.3 is 14.8 Å². The SMILES string of the molecule is CSc1ccc(NCc2cc(Cl)c3c(c2)OCCO3)cc1. The van der Waals surface area contributed by atoms with E-state index < -0.39 is 0 Å². The lowest BCUT2D eigenvalue weighted by atomic mass is 10.2. The van der Waals surface area contributed by atoms with Crippen LogP contribution >= 0.6 is 23.4 Å². The molecule has 0 radical (unpaired) electrons. The number of thioether (sulfide) groups is 1. The smallest absolute Gasteiger partial charge is 0.179 e. The topological polar surface area (TPSA) is 30.5 Å². The van der Waals surface area contributed by atoms with Crippen molar-refractivity contribution in [3.63, 3.8) is 0 Å². The highest BCUT2D eigenvalue weighted by molar-refractivity contribution is 7.98. The van der Waals surface area contributed by atoms with Gasteiger partial charge in [0, 0.05) is 17.1 Å². The lowest BCUT2D eigenvalue weighted by Crippen LogP contribution is -2.16. The van der Waals surface area contributed by atoms with Crippen molar-refractivity contribution >= 4 is 29.1 Å². The molecule has 3 nitrogen and oxygen atoms in total. The van der Waals surface area contributed by atoms with Gasteiger partial charge in [0.1, 0.15) is 13.2 Å². The van der Waals surface area contributed by atoms with Crippen LogP contribution in [0.3, 0.4) is 0 Å². The van der Waals surface area contributed by atoms with Crippen LogP contribution < -0.4 is 14.8 Å². The third-order valence-corrected chi connectivity index (χ3v) is 4.27. The summed E-state index contributed by atoms with van der Waals surface area (Å²) in [6, 6.07) is 12.2. The fourth-order valence-corrected chi connectivity index (χ4v) is 2.88. The summed E-state index contributed by atoms with van der Waals surface area (Å²) in [5.41, 5.74) is 2.15. The van der Waals surface area contributed by atoms with Gasteiger partial charge >= 0.3 is 0 Å². The Labute approximate surface area is 133 Å². The Kier molecular flexibility index (Phi) is 4.46. The summed E-state index contributed by atoms with van der Waals surface area (Å²) in [5.74, 6) is 1.37. The number of fused-ring (bicyclic) bond motifs is 1. The second kappa shape index (κ2) is 6.50. The van der Waals surface area contributed by atoms with Gasteiger partial charge in [0.05, 0.1) is 5.02 Å². The Morgan fingerprint density at radius 2 is 1.90 bits per heavy atom. The van der Waals surface area contributed by atoms with Crippen LogP contribution in [0.2, 0.25) is 5.02 Å². The molecule has 110 valence electrons. The number of hydrogen-bond donors (Lipinski definition) is 1. The highest BCUT2D eigenvalue weighted by Gasteiger charge is 2.16. The molecule has 21 heavy (non-hydrogen) atoms. The molecule has 2 aromatic rings. The Hall–Kier alpha value is -1.52. The van der Waals surface area contributed by atoms with Crippen LogP contribution in [0, 0.1) is 0 Å². The van der Waals surface area contributed by atoms with Gasteiger partial charge in [0.2, 0.25) is 0 Å². The number of nitrogens with one attached hydrogen (secondary N) is 1. The molecule has 0 fully saturated rings. The zero-order chi connectivity index (χ0) is 14.7. The first-order chi connectivity index (χ1) is 10.3. The summed E-state index contributed by atoms with van der Waals surface area (Å²) in [7, 11) is 0. The van der Waals surface area contributed by atoms with Gasteiger partial charge in [0.15, 0.2) is 11.5 Å². The summed E-state index contributed by atoms with van der Waals surface area (Å²) in [5, 5.41) is 3.98. The molecular weight excluding hydrogens is 306 g/mol. The largest absolute Gasteiger partial charge is 0.486 e. The van der Waals surface area contributed by atoms with E-state index in [0.717, 1.165) is 17.0 Å². The van der Waals surface area contributed by atoms with Gasteiger partial charge in [0.25, 0.3) is 0 Å². The third-order valence-electron chi connectivity index (χ3n) is 3.24. The molecule has 0 saturated carbocycles. The summed E-state index contributed by atoms with van der Waals surface area (Å²) >= 11 is 7.97. The minimum atomic E-state index is 0.548. The quantitative estimate of drug-likeness (QED) is 0.843. The molecule has 0 saturated heterocycles. The van der Waals surface area contributed by atoms with Crippen LogP contribution in [-0.4, -0.2) is 19.5 Å². The van der Waals surface area contributed by atoms with E-state index in [1.165, 1.54) is 4.90 Å². The predicted octanol–water partition coefficient (Wildman–Crippen LogP) is 4.45. The molecule has 5 heteroatoms. The highest BCUT2D eigenvalue weighted by Crippen LogP contribution is 2.38. The van der Waals surface area contributed by atoms with E-state index in [1.54, 1.807) is 11.8 Å². The average Bonchev–Trinajstić information content (AvgIpc) is 2.53. The van der Waals surface area contributed by atoms with Crippen molar-refractivity contribution in [3.8, 4) is 11.5 Å². The lowest BCUT2D eigenvalue weighted by molar-refractivity contribution is 0.171. The average molecular weight is 322 g/mol. The van der Waals surface area contributed by atoms with Gasteiger partial charge in [-0.1, -0.05) is 11.6 Å². The summed E-state index contributed by atoms with van der Waals surface area (Å²) < 4.78 is 11.1. The minimum Gasteiger partial charge on any atom is -0.486 e. The van der Waals surface area contributed by atoms with Crippen LogP contribution in [0.1, 0.15) is 5.56 Å². The van der Waals surface area contributed by atoms with Crippen molar-refractivity contribution in [2.75, 3.05) is 24.8 Å². The molecule has 0 atom stereocenters. The number of anilines is 1. The van der Waals surface area contributed by atoms with Crippen molar-refractivity contribution in [1.29, 1.82) is 0 Å². The summed E-state index contributed by atoms with van der Waals surface area (Å²) in [6.07, 6.45) is 2.07. The second-order valence-corrected chi connectivity index (χ2v) is 5.97. The molecule has 0 amide bonds. The molecule has 1 N–H and O–H groups in total. The number of benzene rings is 2. The molecule has 0 spiro atoms. The third kappa shape index (κ3) is 3.39. The Bertz CT molecular complexity index is 631. The predicted molar refractivity (Wildman–Crippen MR) is 88.0 cm³/mol. The number of halogens is 1. The normalized spacial score (nSPS) is 13.0. The first-order valence-electron chi connectivity index (χ1n) is 6.72. The maximum atomic E-state index is 6.23. The fourth-order valence-electron chi connectivity index (χ4n) is 2.18. The Morgan fingerprint density at radius 1 is 1.14 bits per heavy atom. The number of hydrogen-bond acceptors (Lipinski definition) is 4. The highest BCUT2D eigenvalue weighted by atomic mass is 35.5. The molecule has 1 aliphatic rings. The van der Waals surface area contributed by atoms with Crippen molar-refractivity contribution in [3.05, 3.63) is 47.0 Å². The summed E-state index contributed by atoms with van der Waals surface area (Å²) in [6.45, 7) is 1.80. The Morgan fingerprint density at radius 3 is 2.67 bits per heavy atom. The first kappa shape index (κ1) is 14.4. The lowest BCUT2D eigenvalue weighted by Gasteiger charge is -2.20. The van der Waals surface area contributed by atoms with E-state index in [4.69, 9.17) is 21.1 Å². The van der Waals surface area contributed by atoms with Gasteiger partial charge in [-0.05, 0) is 48.2 Å². The summed E-state index contributed by atoms with van der Waals surface area (Å²) in [4.78, 5) is 1.25. The van der Waals surface area contributed by atoms with Crippen molar-refractivity contribution < 1.29 is 9.47 Å². The number of ether oxygens (including phenoxy) is 2. The van der Waals surface area contributed by atoms with E-state index in [1.807, 2.05) is 12.1 Å². The van der Waals surface area contributed by atoms with Crippen molar-refractivity contribution in [2.45, 2.75) is 11.4 Å². The molecule has 0 aromatic heterocycles. The van der Waals surface area contributed by atoms with Crippen molar-refractivity contribution in [2.24, 2.45) is 0 Å². The molecule has 2 aromatic carbocycles. The van der Waals surface area contributed by atoms with Gasteiger partial charge in [-0.15, -0.1) is 11.8 Å². The fraction of sp³-hybridized carbons (Fsp3) is 0.250. The van der Waals surface area contributed by atoms with Crippen LogP contribution in [-0.2, 0) is 6.54 Å². The molecular formula is C16H16ClNO2S. The van der Waals surface area contributed by atoms with Crippen molar-refractivity contribution in [1.82, 2.24) is 0 Å². The maximum absolute atomic E-state index is 6.23. The van der Waals surface area contributed by atoms with E-state index in [9.17, 15) is 0 Å². The molecule has 3 rings (SSSR count). The van der Waals surface area contributed by atoms with Crippen LogP contribution in [0.4, 0.5) is 5.69 Å². The Balaban J connectivity index is 1.71. The second-order valence-electron chi connectivity index (χ2n) is 4.68. The van der Waals surface area contributed by atoms with Gasteiger partial charge in [-0.3, -0.25) is 0 Å². The van der Waals surface area contributed by atoms with Gasteiger partial charge in [-0.2, -0.15) is 0 Å². The zero-order valence-electron chi connectivity index (χ0n) is 11.7. The maximum Gasteiger partial charge on any atom is 0.179 e. The zero-order valence-corrected chi connectivity index (χ0v) is 13.3. The van der Waals surface area contributed by atoms with Crippen LogP contribution in [0.5, 0.6) is 11.5 Å². The van der Waals surface area contributed by atoms with E-state index in [2.05, 4.69) is 35.8 Å². The van der Waals surface area contributed by atoms with E-state index in [0.29, 0.717) is 30.5 Å². The minimum absolute atomic E-state index is 0.548. The van der Waals surface area contributed by atoms with E-state index >= 15 is 0 Å².